The van der Waals surface area contributed by atoms with Gasteiger partial charge in [-0.15, -0.1) is 11.3 Å². The van der Waals surface area contributed by atoms with Crippen LogP contribution in [0.2, 0.25) is 0 Å². The third kappa shape index (κ3) is 2.06. The lowest BCUT2D eigenvalue weighted by Crippen LogP contribution is -1.98. The Morgan fingerprint density at radius 2 is 2.47 bits per heavy atom. The molecule has 2 rings (SSSR count). The molecule has 15 heavy (non-hydrogen) atoms. The maximum atomic E-state index is 8.83. The predicted octanol–water partition coefficient (Wildman–Crippen LogP) is 1.67. The van der Waals surface area contributed by atoms with Crippen molar-refractivity contribution in [3.05, 3.63) is 22.1 Å². The van der Waals surface area contributed by atoms with E-state index in [0.717, 1.165) is 5.01 Å². The molecule has 0 bridgehead atoms. The normalized spacial score (nSPS) is 9.80. The molecule has 0 saturated heterocycles. The minimum atomic E-state index is 0.282. The molecule has 2 heterocycles. The highest BCUT2D eigenvalue weighted by molar-refractivity contribution is 7.11. The molecule has 5 nitrogen and oxygen atoms in total. The van der Waals surface area contributed by atoms with Crippen molar-refractivity contribution in [2.45, 2.75) is 6.54 Å². The van der Waals surface area contributed by atoms with Crippen molar-refractivity contribution in [2.75, 3.05) is 11.1 Å². The Bertz CT molecular complexity index is 482. The molecule has 76 valence electrons. The zero-order chi connectivity index (χ0) is 10.7. The van der Waals surface area contributed by atoms with Gasteiger partial charge >= 0.3 is 0 Å². The zero-order valence-electron chi connectivity index (χ0n) is 7.60. The summed E-state index contributed by atoms with van der Waals surface area (Å²) in [6.45, 7) is 0.591. The molecule has 0 aliphatic rings. The van der Waals surface area contributed by atoms with Crippen molar-refractivity contribution in [1.82, 2.24) is 9.36 Å². The Kier molecular flexibility index (Phi) is 2.80. The average Bonchev–Trinajstić information content (AvgIpc) is 2.84. The number of nitrogens with two attached hydrogens (primary N) is 1. The Labute approximate surface area is 94.4 Å². The van der Waals surface area contributed by atoms with Gasteiger partial charge in [-0.25, -0.2) is 4.98 Å². The number of thiazole rings is 1. The first-order valence-corrected chi connectivity index (χ1v) is 5.74. The summed E-state index contributed by atoms with van der Waals surface area (Å²) in [7, 11) is 0. The summed E-state index contributed by atoms with van der Waals surface area (Å²) in [4.78, 5) is 4.12. The number of hydrogen-bond donors (Lipinski definition) is 2. The molecule has 0 atom stereocenters. The van der Waals surface area contributed by atoms with Gasteiger partial charge in [-0.3, -0.25) is 0 Å². The molecule has 2 aromatic heterocycles. The van der Waals surface area contributed by atoms with Crippen LogP contribution in [0.3, 0.4) is 0 Å². The molecule has 2 aromatic rings. The van der Waals surface area contributed by atoms with Crippen LogP contribution >= 0.6 is 22.9 Å². The monoisotopic (exact) mass is 237 g/mol. The first-order chi connectivity index (χ1) is 7.31. The van der Waals surface area contributed by atoms with E-state index < -0.39 is 0 Å². The minimum absolute atomic E-state index is 0.282. The number of rotatable bonds is 3. The number of hydrogen-bond acceptors (Lipinski definition) is 7. The Morgan fingerprint density at radius 1 is 1.60 bits per heavy atom. The standard InChI is InChI=1S/C8H7N5S2/c9-3-5-7(10)13-15-8(5)12-4-6-11-1-2-14-6/h1-2,12H,4H2,(H2,10,13). The molecule has 0 amide bonds. The van der Waals surface area contributed by atoms with Crippen molar-refractivity contribution in [3.63, 3.8) is 0 Å². The van der Waals surface area contributed by atoms with Gasteiger partial charge in [-0.1, -0.05) is 0 Å². The summed E-state index contributed by atoms with van der Waals surface area (Å²) >= 11 is 2.75. The average molecular weight is 237 g/mol. The molecule has 0 spiro atoms. The van der Waals surface area contributed by atoms with Crippen molar-refractivity contribution in [2.24, 2.45) is 0 Å². The van der Waals surface area contributed by atoms with E-state index in [-0.39, 0.29) is 5.82 Å². The van der Waals surface area contributed by atoms with E-state index in [1.54, 1.807) is 17.5 Å². The van der Waals surface area contributed by atoms with Gasteiger partial charge in [0.05, 0.1) is 6.54 Å². The van der Waals surface area contributed by atoms with Gasteiger partial charge in [0.1, 0.15) is 21.6 Å². The molecule has 0 aliphatic heterocycles. The molecular formula is C8H7N5S2. The number of nitrogens with zero attached hydrogens (tertiary/aromatic N) is 3. The molecule has 3 N–H and O–H groups in total. The van der Waals surface area contributed by atoms with E-state index in [4.69, 9.17) is 11.0 Å². The second-order valence-electron chi connectivity index (χ2n) is 2.66. The first kappa shape index (κ1) is 9.89. The second kappa shape index (κ2) is 4.25. The molecule has 0 aliphatic carbocycles. The van der Waals surface area contributed by atoms with Crippen LogP contribution in [0.4, 0.5) is 10.8 Å². The summed E-state index contributed by atoms with van der Waals surface area (Å²) < 4.78 is 3.90. The van der Waals surface area contributed by atoms with Crippen LogP contribution in [0.25, 0.3) is 0 Å². The maximum absolute atomic E-state index is 8.83. The highest BCUT2D eigenvalue weighted by Crippen LogP contribution is 2.26. The van der Waals surface area contributed by atoms with E-state index in [1.807, 2.05) is 11.4 Å². The fraction of sp³-hybridized carbons (Fsp3) is 0.125. The second-order valence-corrected chi connectivity index (χ2v) is 4.42. The van der Waals surface area contributed by atoms with Gasteiger partial charge in [0.25, 0.3) is 0 Å². The summed E-state index contributed by atoms with van der Waals surface area (Å²) in [6.07, 6.45) is 1.74. The zero-order valence-corrected chi connectivity index (χ0v) is 9.23. The summed E-state index contributed by atoms with van der Waals surface area (Å²) in [6, 6.07) is 2.02. The number of nitrogens with one attached hydrogen (secondary N) is 1. The molecular weight excluding hydrogens is 230 g/mol. The SMILES string of the molecule is N#Cc1c(N)nsc1NCc1nccs1. The van der Waals surface area contributed by atoms with Gasteiger partial charge in [0, 0.05) is 11.6 Å². The highest BCUT2D eigenvalue weighted by atomic mass is 32.1. The Hall–Kier alpha value is -1.65. The summed E-state index contributed by atoms with van der Waals surface area (Å²) in [5.41, 5.74) is 5.94. The van der Waals surface area contributed by atoms with E-state index >= 15 is 0 Å². The van der Waals surface area contributed by atoms with E-state index in [1.165, 1.54) is 11.5 Å². The van der Waals surface area contributed by atoms with Crippen molar-refractivity contribution in [3.8, 4) is 6.07 Å². The van der Waals surface area contributed by atoms with Gasteiger partial charge in [-0.05, 0) is 11.5 Å². The third-order valence-corrected chi connectivity index (χ3v) is 3.31. The minimum Gasteiger partial charge on any atom is -0.382 e. The fourth-order valence-corrected chi connectivity index (χ4v) is 2.24. The van der Waals surface area contributed by atoms with Gasteiger partial charge in [-0.2, -0.15) is 9.64 Å². The number of anilines is 2. The quantitative estimate of drug-likeness (QED) is 0.847. The summed E-state index contributed by atoms with van der Waals surface area (Å²) in [5.74, 6) is 0.282. The van der Waals surface area contributed by atoms with E-state index in [0.29, 0.717) is 17.1 Å². The molecule has 0 unspecified atom stereocenters. The largest absolute Gasteiger partial charge is 0.382 e. The molecule has 0 saturated carbocycles. The van der Waals surface area contributed by atoms with Crippen LogP contribution in [-0.4, -0.2) is 9.36 Å². The van der Waals surface area contributed by atoms with Crippen LogP contribution in [0, 0.1) is 11.3 Å². The topological polar surface area (TPSA) is 87.6 Å². The fourth-order valence-electron chi connectivity index (χ4n) is 1.03. The lowest BCUT2D eigenvalue weighted by Gasteiger charge is -1.99. The third-order valence-electron chi connectivity index (χ3n) is 1.71. The summed E-state index contributed by atoms with van der Waals surface area (Å²) in [5, 5.41) is 15.5. The molecule has 0 fully saturated rings. The van der Waals surface area contributed by atoms with E-state index in [2.05, 4.69) is 14.7 Å². The van der Waals surface area contributed by atoms with Crippen LogP contribution in [0.1, 0.15) is 10.6 Å². The van der Waals surface area contributed by atoms with Crippen molar-refractivity contribution < 1.29 is 0 Å². The van der Waals surface area contributed by atoms with Crippen LogP contribution < -0.4 is 11.1 Å². The van der Waals surface area contributed by atoms with Gasteiger partial charge in [0.15, 0.2) is 5.82 Å². The first-order valence-electron chi connectivity index (χ1n) is 4.08. The van der Waals surface area contributed by atoms with Gasteiger partial charge < -0.3 is 11.1 Å². The maximum Gasteiger partial charge on any atom is 0.157 e. The van der Waals surface area contributed by atoms with Crippen LogP contribution in [0.15, 0.2) is 11.6 Å². The Balaban J connectivity index is 2.09. The van der Waals surface area contributed by atoms with E-state index in [9.17, 15) is 0 Å². The molecule has 0 aromatic carbocycles. The predicted molar refractivity (Wildman–Crippen MR) is 60.7 cm³/mol. The van der Waals surface area contributed by atoms with Crippen LogP contribution in [0.5, 0.6) is 0 Å². The Morgan fingerprint density at radius 3 is 3.13 bits per heavy atom. The lowest BCUT2D eigenvalue weighted by molar-refractivity contribution is 1.11. The number of nitriles is 1. The molecule has 0 radical (unpaired) electrons. The molecule has 7 heteroatoms. The van der Waals surface area contributed by atoms with Crippen LogP contribution in [-0.2, 0) is 6.54 Å². The van der Waals surface area contributed by atoms with Crippen molar-refractivity contribution >= 4 is 33.7 Å². The highest BCUT2D eigenvalue weighted by Gasteiger charge is 2.10. The smallest absolute Gasteiger partial charge is 0.157 e. The number of aromatic nitrogens is 2. The lowest BCUT2D eigenvalue weighted by atomic mass is 10.3. The van der Waals surface area contributed by atoms with Crippen molar-refractivity contribution in [1.29, 1.82) is 5.26 Å². The number of nitrogen functional groups attached to an aromatic ring is 1. The van der Waals surface area contributed by atoms with Gasteiger partial charge in [0.2, 0.25) is 0 Å².